The van der Waals surface area contributed by atoms with Crippen molar-refractivity contribution in [3.8, 4) is 0 Å². The van der Waals surface area contributed by atoms with Crippen LogP contribution in [0, 0.1) is 0 Å². The molecule has 1 aliphatic rings. The van der Waals surface area contributed by atoms with Gasteiger partial charge in [-0.1, -0.05) is 0 Å². The third-order valence-corrected chi connectivity index (χ3v) is 1.78. The molecule has 54 valence electrons. The van der Waals surface area contributed by atoms with Crippen molar-refractivity contribution in [2.75, 3.05) is 0 Å². The highest BCUT2D eigenvalue weighted by molar-refractivity contribution is 5.06. The summed E-state index contributed by atoms with van der Waals surface area (Å²) in [6.45, 7) is 1.21. The van der Waals surface area contributed by atoms with Crippen LogP contribution < -0.4 is 5.73 Å². The predicted octanol–water partition coefficient (Wildman–Crippen LogP) is 1.17. The third kappa shape index (κ3) is 1.21. The van der Waals surface area contributed by atoms with E-state index in [4.69, 9.17) is 5.73 Å². The average Bonchev–Trinajstić information content (AvgIpc) is 2.47. The molecule has 0 saturated heterocycles. The van der Waals surface area contributed by atoms with Gasteiger partial charge in [0.1, 0.15) is 12.3 Å². The summed E-state index contributed by atoms with van der Waals surface area (Å²) in [5.74, 6) is 0. The van der Waals surface area contributed by atoms with Crippen LogP contribution >= 0.6 is 0 Å². The van der Waals surface area contributed by atoms with Crippen molar-refractivity contribution >= 4 is 0 Å². The number of nitrogens with two attached hydrogens (primary N) is 1. The summed E-state index contributed by atoms with van der Waals surface area (Å²) in [5, 5.41) is 0. The lowest BCUT2D eigenvalue weighted by molar-refractivity contribution is 0.146. The maximum Gasteiger partial charge on any atom is 0.149 e. The molecule has 0 amide bonds. The number of alkyl halides is 2. The second kappa shape index (κ2) is 1.90. The summed E-state index contributed by atoms with van der Waals surface area (Å²) in [5.41, 5.74) is 4.56. The van der Waals surface area contributed by atoms with Crippen LogP contribution in [0.3, 0.4) is 0 Å². The van der Waals surface area contributed by atoms with Gasteiger partial charge in [0.25, 0.3) is 0 Å². The molecule has 2 atom stereocenters. The van der Waals surface area contributed by atoms with Crippen LogP contribution in [-0.2, 0) is 0 Å². The second-order valence-corrected chi connectivity index (χ2v) is 2.81. The van der Waals surface area contributed by atoms with E-state index in [0.29, 0.717) is 12.8 Å². The van der Waals surface area contributed by atoms with E-state index in [9.17, 15) is 8.78 Å². The van der Waals surface area contributed by atoms with Crippen molar-refractivity contribution in [3.05, 3.63) is 0 Å². The minimum atomic E-state index is -1.46. The molecule has 0 spiro atoms. The van der Waals surface area contributed by atoms with Crippen molar-refractivity contribution < 1.29 is 8.78 Å². The van der Waals surface area contributed by atoms with Gasteiger partial charge in [-0.3, -0.25) is 0 Å². The van der Waals surface area contributed by atoms with E-state index in [0.717, 1.165) is 0 Å². The molecule has 1 nitrogen and oxygen atoms in total. The molecule has 0 aromatic carbocycles. The Bertz CT molecular complexity index is 110. The molecule has 1 fully saturated rings. The van der Waals surface area contributed by atoms with E-state index in [1.807, 2.05) is 0 Å². The van der Waals surface area contributed by atoms with Crippen molar-refractivity contribution in [2.45, 2.75) is 37.6 Å². The maximum atomic E-state index is 12.6. The first-order chi connectivity index (χ1) is 4.06. The summed E-state index contributed by atoms with van der Waals surface area (Å²) < 4.78 is 24.8. The molecule has 0 radical (unpaired) electrons. The molecule has 1 aliphatic carbocycles. The van der Waals surface area contributed by atoms with E-state index in [-0.39, 0.29) is 0 Å². The van der Waals surface area contributed by atoms with E-state index < -0.39 is 17.9 Å². The standard InChI is InChI=1S/C6H11F2N/c1-4(7)5(8)6(9)2-3-6/h4-5H,2-3,9H2,1H3. The lowest BCUT2D eigenvalue weighted by Crippen LogP contribution is -2.39. The molecular weight excluding hydrogens is 124 g/mol. The Kier molecular flexibility index (Phi) is 1.47. The molecule has 1 rings (SSSR count). The van der Waals surface area contributed by atoms with Crippen molar-refractivity contribution in [1.29, 1.82) is 0 Å². The fraction of sp³-hybridized carbons (Fsp3) is 1.00. The van der Waals surface area contributed by atoms with Gasteiger partial charge in [-0.2, -0.15) is 0 Å². The molecule has 2 N–H and O–H groups in total. The lowest BCUT2D eigenvalue weighted by Gasteiger charge is -2.15. The Balaban J connectivity index is 2.42. The topological polar surface area (TPSA) is 26.0 Å². The van der Waals surface area contributed by atoms with Crippen LogP contribution in [0.15, 0.2) is 0 Å². The molecule has 0 aromatic heterocycles. The van der Waals surface area contributed by atoms with Gasteiger partial charge in [0.05, 0.1) is 5.54 Å². The van der Waals surface area contributed by atoms with E-state index in [1.165, 1.54) is 6.92 Å². The lowest BCUT2D eigenvalue weighted by atomic mass is 10.1. The van der Waals surface area contributed by atoms with Gasteiger partial charge >= 0.3 is 0 Å². The summed E-state index contributed by atoms with van der Waals surface area (Å²) >= 11 is 0. The van der Waals surface area contributed by atoms with Gasteiger partial charge in [0.15, 0.2) is 0 Å². The van der Waals surface area contributed by atoms with E-state index in [2.05, 4.69) is 0 Å². The Labute approximate surface area is 53.2 Å². The van der Waals surface area contributed by atoms with Gasteiger partial charge in [-0.15, -0.1) is 0 Å². The number of hydrogen-bond donors (Lipinski definition) is 1. The quantitative estimate of drug-likeness (QED) is 0.604. The van der Waals surface area contributed by atoms with Gasteiger partial charge in [-0.25, -0.2) is 8.78 Å². The first-order valence-corrected chi connectivity index (χ1v) is 3.13. The average molecular weight is 135 g/mol. The van der Waals surface area contributed by atoms with Gasteiger partial charge in [-0.05, 0) is 19.8 Å². The largest absolute Gasteiger partial charge is 0.323 e. The minimum absolute atomic E-state index is 0.627. The molecule has 0 aliphatic heterocycles. The molecule has 3 heteroatoms. The number of rotatable bonds is 2. The van der Waals surface area contributed by atoms with Crippen LogP contribution in [0.5, 0.6) is 0 Å². The molecule has 9 heavy (non-hydrogen) atoms. The van der Waals surface area contributed by atoms with E-state index >= 15 is 0 Å². The molecular formula is C6H11F2N. The van der Waals surface area contributed by atoms with Gasteiger partial charge < -0.3 is 5.73 Å². The summed E-state index contributed by atoms with van der Waals surface area (Å²) in [4.78, 5) is 0. The SMILES string of the molecule is CC(F)C(F)C1(N)CC1. The first-order valence-electron chi connectivity index (χ1n) is 3.13. The van der Waals surface area contributed by atoms with Crippen LogP contribution in [0.4, 0.5) is 8.78 Å². The van der Waals surface area contributed by atoms with Gasteiger partial charge in [0.2, 0.25) is 0 Å². The maximum absolute atomic E-state index is 12.6. The highest BCUT2D eigenvalue weighted by atomic mass is 19.2. The Morgan fingerprint density at radius 3 is 2.00 bits per heavy atom. The summed E-state index contributed by atoms with van der Waals surface area (Å²) in [6, 6.07) is 0. The monoisotopic (exact) mass is 135 g/mol. The van der Waals surface area contributed by atoms with Crippen LogP contribution in [0.1, 0.15) is 19.8 Å². The van der Waals surface area contributed by atoms with Crippen LogP contribution in [0.2, 0.25) is 0 Å². The minimum Gasteiger partial charge on any atom is -0.323 e. The Hall–Kier alpha value is -0.180. The first kappa shape index (κ1) is 6.93. The molecule has 1 saturated carbocycles. The Morgan fingerprint density at radius 2 is 1.89 bits per heavy atom. The molecule has 0 heterocycles. The smallest absolute Gasteiger partial charge is 0.149 e. The molecule has 0 bridgehead atoms. The fourth-order valence-electron chi connectivity index (χ4n) is 0.877. The normalized spacial score (nSPS) is 29.3. The van der Waals surface area contributed by atoms with Crippen molar-refractivity contribution in [1.82, 2.24) is 0 Å². The van der Waals surface area contributed by atoms with E-state index in [1.54, 1.807) is 0 Å². The second-order valence-electron chi connectivity index (χ2n) is 2.81. The fourth-order valence-corrected chi connectivity index (χ4v) is 0.877. The van der Waals surface area contributed by atoms with Crippen molar-refractivity contribution in [3.63, 3.8) is 0 Å². The zero-order valence-electron chi connectivity index (χ0n) is 5.40. The zero-order chi connectivity index (χ0) is 7.07. The predicted molar refractivity (Wildman–Crippen MR) is 31.6 cm³/mol. The highest BCUT2D eigenvalue weighted by Gasteiger charge is 2.48. The molecule has 0 aromatic rings. The summed E-state index contributed by atoms with van der Waals surface area (Å²) in [7, 11) is 0. The Morgan fingerprint density at radius 1 is 1.44 bits per heavy atom. The van der Waals surface area contributed by atoms with Crippen LogP contribution in [-0.4, -0.2) is 17.9 Å². The number of halogens is 2. The summed E-state index contributed by atoms with van der Waals surface area (Å²) in [6.07, 6.45) is -1.62. The van der Waals surface area contributed by atoms with Gasteiger partial charge in [0, 0.05) is 0 Å². The zero-order valence-corrected chi connectivity index (χ0v) is 5.40. The highest BCUT2D eigenvalue weighted by Crippen LogP contribution is 2.39. The number of hydrogen-bond acceptors (Lipinski definition) is 1. The van der Waals surface area contributed by atoms with Crippen molar-refractivity contribution in [2.24, 2.45) is 5.73 Å². The molecule has 2 unspecified atom stereocenters. The van der Waals surface area contributed by atoms with Crippen LogP contribution in [0.25, 0.3) is 0 Å². The third-order valence-electron chi connectivity index (χ3n) is 1.78.